The van der Waals surface area contributed by atoms with Gasteiger partial charge in [0.2, 0.25) is 0 Å². The first kappa shape index (κ1) is 16.5. The molecule has 0 amide bonds. The zero-order chi connectivity index (χ0) is 17.4. The van der Waals surface area contributed by atoms with Gasteiger partial charge in [0.1, 0.15) is 0 Å². The van der Waals surface area contributed by atoms with Crippen molar-refractivity contribution in [3.8, 4) is 0 Å². The Morgan fingerprint density at radius 2 is 1.54 bits per heavy atom. The molecule has 0 aliphatic rings. The molecule has 2 unspecified atom stereocenters. The highest BCUT2D eigenvalue weighted by atomic mass is 19.4. The maximum absolute atomic E-state index is 13.8. The molecule has 24 heavy (non-hydrogen) atoms. The average Bonchev–Trinajstić information content (AvgIpc) is 2.59. The van der Waals surface area contributed by atoms with Crippen LogP contribution >= 0.6 is 0 Å². The molecule has 3 rings (SSSR count). The standard InChI is InChI=1S/C19H16F3NO/c1-13(15-7-6-14-4-2-3-5-16(14)12-15)18(24,19(20,21)22)17-8-10-23-11-9-17/h2-13,24H,1H3. The van der Waals surface area contributed by atoms with Gasteiger partial charge in [0.15, 0.2) is 5.60 Å². The lowest BCUT2D eigenvalue weighted by atomic mass is 9.77. The van der Waals surface area contributed by atoms with Gasteiger partial charge in [-0.1, -0.05) is 49.4 Å². The number of rotatable bonds is 3. The lowest BCUT2D eigenvalue weighted by Crippen LogP contribution is -2.46. The Morgan fingerprint density at radius 3 is 2.17 bits per heavy atom. The van der Waals surface area contributed by atoms with Gasteiger partial charge < -0.3 is 5.11 Å². The normalized spacial score (nSPS) is 15.9. The first-order valence-electron chi connectivity index (χ1n) is 7.52. The maximum Gasteiger partial charge on any atom is 0.422 e. The van der Waals surface area contributed by atoms with E-state index in [1.165, 1.54) is 31.5 Å². The minimum absolute atomic E-state index is 0.217. The fourth-order valence-electron chi connectivity index (χ4n) is 2.98. The number of pyridine rings is 1. The fraction of sp³-hybridized carbons (Fsp3) is 0.211. The van der Waals surface area contributed by atoms with E-state index in [9.17, 15) is 18.3 Å². The van der Waals surface area contributed by atoms with Crippen molar-refractivity contribution in [3.63, 3.8) is 0 Å². The van der Waals surface area contributed by atoms with E-state index in [1.54, 1.807) is 18.2 Å². The molecule has 2 atom stereocenters. The van der Waals surface area contributed by atoms with E-state index in [0.717, 1.165) is 10.8 Å². The van der Waals surface area contributed by atoms with Crippen LogP contribution in [0.15, 0.2) is 67.0 Å². The van der Waals surface area contributed by atoms with Crippen LogP contribution in [0.5, 0.6) is 0 Å². The zero-order valence-electron chi connectivity index (χ0n) is 13.0. The van der Waals surface area contributed by atoms with Crippen molar-refractivity contribution in [1.82, 2.24) is 4.98 Å². The summed E-state index contributed by atoms with van der Waals surface area (Å²) in [6.07, 6.45) is -2.32. The number of aliphatic hydroxyl groups is 1. The van der Waals surface area contributed by atoms with Gasteiger partial charge >= 0.3 is 6.18 Å². The Morgan fingerprint density at radius 1 is 0.917 bits per heavy atom. The molecule has 0 aliphatic heterocycles. The molecule has 1 N–H and O–H groups in total. The Hall–Kier alpha value is -2.40. The second-order valence-electron chi connectivity index (χ2n) is 5.83. The summed E-state index contributed by atoms with van der Waals surface area (Å²) < 4.78 is 41.3. The van der Waals surface area contributed by atoms with E-state index >= 15 is 0 Å². The second-order valence-corrected chi connectivity index (χ2v) is 5.83. The van der Waals surface area contributed by atoms with Gasteiger partial charge in [-0.05, 0) is 34.0 Å². The molecular formula is C19H16F3NO. The van der Waals surface area contributed by atoms with Crippen molar-refractivity contribution in [2.24, 2.45) is 0 Å². The first-order valence-corrected chi connectivity index (χ1v) is 7.52. The number of halogens is 3. The monoisotopic (exact) mass is 331 g/mol. The summed E-state index contributed by atoms with van der Waals surface area (Å²) in [5.74, 6) is -1.18. The summed E-state index contributed by atoms with van der Waals surface area (Å²) in [7, 11) is 0. The topological polar surface area (TPSA) is 33.1 Å². The van der Waals surface area contributed by atoms with Crippen molar-refractivity contribution in [1.29, 1.82) is 0 Å². The van der Waals surface area contributed by atoms with E-state index in [0.29, 0.717) is 5.56 Å². The fourth-order valence-corrected chi connectivity index (χ4v) is 2.98. The molecular weight excluding hydrogens is 315 g/mol. The third-order valence-corrected chi connectivity index (χ3v) is 4.45. The minimum Gasteiger partial charge on any atom is -0.376 e. The van der Waals surface area contributed by atoms with Crippen LogP contribution in [0.1, 0.15) is 24.0 Å². The highest BCUT2D eigenvalue weighted by Crippen LogP contribution is 2.48. The second kappa shape index (κ2) is 5.91. The maximum atomic E-state index is 13.8. The molecule has 5 heteroatoms. The first-order chi connectivity index (χ1) is 11.3. The van der Waals surface area contributed by atoms with Crippen LogP contribution in [0.4, 0.5) is 13.2 Å². The Kier molecular flexibility index (Phi) is 4.05. The number of hydrogen-bond acceptors (Lipinski definition) is 2. The van der Waals surface area contributed by atoms with E-state index < -0.39 is 17.7 Å². The SMILES string of the molecule is CC(c1ccc2ccccc2c1)C(O)(c1ccncc1)C(F)(F)F. The third-order valence-electron chi connectivity index (χ3n) is 4.45. The summed E-state index contributed by atoms with van der Waals surface area (Å²) in [5, 5.41) is 12.4. The number of aromatic nitrogens is 1. The highest BCUT2D eigenvalue weighted by Gasteiger charge is 2.58. The van der Waals surface area contributed by atoms with Gasteiger partial charge in [0.05, 0.1) is 0 Å². The molecule has 0 radical (unpaired) electrons. The van der Waals surface area contributed by atoms with Crippen molar-refractivity contribution in [2.45, 2.75) is 24.6 Å². The number of fused-ring (bicyclic) bond motifs is 1. The zero-order valence-corrected chi connectivity index (χ0v) is 13.0. The molecule has 0 saturated heterocycles. The summed E-state index contributed by atoms with van der Waals surface area (Å²) >= 11 is 0. The molecule has 124 valence electrons. The van der Waals surface area contributed by atoms with Crippen molar-refractivity contribution < 1.29 is 18.3 Å². The van der Waals surface area contributed by atoms with Gasteiger partial charge in [0.25, 0.3) is 0 Å². The van der Waals surface area contributed by atoms with Crippen LogP contribution in [-0.4, -0.2) is 16.3 Å². The summed E-state index contributed by atoms with van der Waals surface area (Å²) in [6.45, 7) is 1.39. The largest absolute Gasteiger partial charge is 0.422 e. The molecule has 0 fully saturated rings. The predicted octanol–water partition coefficient (Wildman–Crippen LogP) is 4.79. The van der Waals surface area contributed by atoms with E-state index in [4.69, 9.17) is 0 Å². The van der Waals surface area contributed by atoms with Crippen LogP contribution < -0.4 is 0 Å². The molecule has 0 aliphatic carbocycles. The molecule has 0 saturated carbocycles. The Balaban J connectivity index is 2.13. The number of alkyl halides is 3. The van der Waals surface area contributed by atoms with Gasteiger partial charge in [-0.2, -0.15) is 13.2 Å². The van der Waals surface area contributed by atoms with E-state index in [2.05, 4.69) is 4.98 Å². The van der Waals surface area contributed by atoms with E-state index in [-0.39, 0.29) is 5.56 Å². The highest BCUT2D eigenvalue weighted by molar-refractivity contribution is 5.83. The number of hydrogen-bond donors (Lipinski definition) is 1. The molecule has 1 aromatic heterocycles. The molecule has 3 aromatic rings. The summed E-state index contributed by atoms with van der Waals surface area (Å²) in [5.41, 5.74) is -2.78. The minimum atomic E-state index is -4.82. The van der Waals surface area contributed by atoms with Crippen molar-refractivity contribution in [2.75, 3.05) is 0 Å². The lowest BCUT2D eigenvalue weighted by molar-refractivity contribution is -0.274. The number of nitrogens with zero attached hydrogens (tertiary/aromatic N) is 1. The van der Waals surface area contributed by atoms with Crippen molar-refractivity contribution in [3.05, 3.63) is 78.1 Å². The van der Waals surface area contributed by atoms with Crippen LogP contribution in [0.3, 0.4) is 0 Å². The van der Waals surface area contributed by atoms with Gasteiger partial charge in [-0.3, -0.25) is 4.98 Å². The number of benzene rings is 2. The van der Waals surface area contributed by atoms with Crippen LogP contribution in [-0.2, 0) is 5.60 Å². The van der Waals surface area contributed by atoms with Gasteiger partial charge in [-0.25, -0.2) is 0 Å². The van der Waals surface area contributed by atoms with Crippen LogP contribution in [0.2, 0.25) is 0 Å². The molecule has 0 bridgehead atoms. The molecule has 2 nitrogen and oxygen atoms in total. The van der Waals surface area contributed by atoms with Crippen LogP contribution in [0, 0.1) is 0 Å². The molecule has 0 spiro atoms. The smallest absolute Gasteiger partial charge is 0.376 e. The van der Waals surface area contributed by atoms with Gasteiger partial charge in [-0.15, -0.1) is 0 Å². The Labute approximate surface area is 137 Å². The molecule has 2 aromatic carbocycles. The summed E-state index contributed by atoms with van der Waals surface area (Å²) in [6, 6.07) is 14.9. The van der Waals surface area contributed by atoms with Crippen molar-refractivity contribution >= 4 is 10.8 Å². The third kappa shape index (κ3) is 2.65. The van der Waals surface area contributed by atoms with Crippen LogP contribution in [0.25, 0.3) is 10.8 Å². The lowest BCUT2D eigenvalue weighted by Gasteiger charge is -2.36. The summed E-state index contributed by atoms with van der Waals surface area (Å²) in [4.78, 5) is 3.74. The molecule has 1 heterocycles. The van der Waals surface area contributed by atoms with E-state index in [1.807, 2.05) is 24.3 Å². The quantitative estimate of drug-likeness (QED) is 0.749. The Bertz CT molecular complexity index is 848. The predicted molar refractivity (Wildman–Crippen MR) is 86.6 cm³/mol. The van der Waals surface area contributed by atoms with Gasteiger partial charge in [0, 0.05) is 18.3 Å². The average molecular weight is 331 g/mol.